The number of halogens is 1. The van der Waals surface area contributed by atoms with Crippen LogP contribution in [0.4, 0.5) is 4.39 Å². The van der Waals surface area contributed by atoms with Crippen LogP contribution in [0.2, 0.25) is 0 Å². The van der Waals surface area contributed by atoms with E-state index in [0.29, 0.717) is 24.0 Å². The van der Waals surface area contributed by atoms with E-state index in [9.17, 15) is 9.18 Å². The maximum absolute atomic E-state index is 13.8. The van der Waals surface area contributed by atoms with Crippen LogP contribution < -0.4 is 0 Å². The van der Waals surface area contributed by atoms with Gasteiger partial charge in [-0.3, -0.25) is 4.79 Å². The Hall–Kier alpha value is -1.96. The number of Topliss-reactive ketones (excluding diaryl/α,β-unsaturated/α-hetero) is 1. The Morgan fingerprint density at radius 2 is 1.94 bits per heavy atom. The van der Waals surface area contributed by atoms with E-state index in [4.69, 9.17) is 0 Å². The van der Waals surface area contributed by atoms with E-state index in [1.54, 1.807) is 24.3 Å². The topological polar surface area (TPSA) is 17.1 Å². The molecule has 1 aliphatic rings. The molecule has 0 saturated carbocycles. The second-order valence-corrected chi connectivity index (χ2v) is 4.31. The molecule has 0 saturated heterocycles. The van der Waals surface area contributed by atoms with Gasteiger partial charge in [-0.25, -0.2) is 4.39 Å². The van der Waals surface area contributed by atoms with Gasteiger partial charge in [0.05, 0.1) is 0 Å². The van der Waals surface area contributed by atoms with Crippen LogP contribution in [0.1, 0.15) is 24.3 Å². The van der Waals surface area contributed by atoms with Gasteiger partial charge in [0.25, 0.3) is 0 Å². The lowest BCUT2D eigenvalue weighted by molar-refractivity contribution is -0.115. The maximum Gasteiger partial charge on any atom is 0.163 e. The van der Waals surface area contributed by atoms with Crippen LogP contribution in [-0.4, -0.2) is 5.78 Å². The first-order valence-corrected chi connectivity index (χ1v) is 5.95. The highest BCUT2D eigenvalue weighted by Gasteiger charge is 2.27. The predicted molar refractivity (Wildman–Crippen MR) is 70.8 cm³/mol. The Kier molecular flexibility index (Phi) is 3.56. The zero-order valence-electron chi connectivity index (χ0n) is 10.2. The number of rotatable bonds is 3. The Bertz CT molecular complexity index is 540. The van der Waals surface area contributed by atoms with Gasteiger partial charge in [-0.1, -0.05) is 43.5 Å². The molecule has 0 fully saturated rings. The van der Waals surface area contributed by atoms with Crippen molar-refractivity contribution in [1.82, 2.24) is 0 Å². The normalized spacial score (nSPS) is 19.8. The molecule has 1 unspecified atom stereocenters. The highest BCUT2D eigenvalue weighted by Crippen LogP contribution is 2.37. The predicted octanol–water partition coefficient (Wildman–Crippen LogP) is 3.94. The molecule has 1 nitrogen and oxygen atoms in total. The van der Waals surface area contributed by atoms with Crippen molar-refractivity contribution in [2.45, 2.75) is 18.8 Å². The van der Waals surface area contributed by atoms with Crippen LogP contribution >= 0.6 is 0 Å². The van der Waals surface area contributed by atoms with Crippen LogP contribution in [0.3, 0.4) is 0 Å². The third kappa shape index (κ3) is 2.06. The van der Waals surface area contributed by atoms with Crippen molar-refractivity contribution < 1.29 is 9.18 Å². The van der Waals surface area contributed by atoms with Gasteiger partial charge in [-0.15, -0.1) is 0 Å². The molecule has 0 amide bonds. The summed E-state index contributed by atoms with van der Waals surface area (Å²) in [4.78, 5) is 11.8. The van der Waals surface area contributed by atoms with Crippen molar-refractivity contribution >= 4 is 5.78 Å². The molecule has 1 aromatic carbocycles. The molecule has 0 N–H and O–H groups in total. The minimum absolute atomic E-state index is 0.0625. The minimum atomic E-state index is -0.236. The molecule has 2 heteroatoms. The van der Waals surface area contributed by atoms with E-state index in [0.717, 1.165) is 5.57 Å². The molecule has 18 heavy (non-hydrogen) atoms. The zero-order valence-corrected chi connectivity index (χ0v) is 10.2. The molecule has 0 radical (unpaired) electrons. The first-order chi connectivity index (χ1) is 8.69. The van der Waals surface area contributed by atoms with Crippen molar-refractivity contribution in [3.05, 3.63) is 72.1 Å². The van der Waals surface area contributed by atoms with E-state index in [1.807, 2.05) is 6.07 Å². The number of ketones is 1. The van der Waals surface area contributed by atoms with E-state index >= 15 is 0 Å². The monoisotopic (exact) mass is 242 g/mol. The molecule has 1 atom stereocenters. The largest absolute Gasteiger partial charge is 0.294 e. The number of allylic oxidation sites excluding steroid dienone is 4. The van der Waals surface area contributed by atoms with Gasteiger partial charge in [-0.05, 0) is 23.6 Å². The molecule has 0 bridgehead atoms. The maximum atomic E-state index is 13.8. The van der Waals surface area contributed by atoms with Crippen LogP contribution in [0, 0.1) is 5.82 Å². The Balaban J connectivity index is 2.55. The Morgan fingerprint density at radius 3 is 2.56 bits per heavy atom. The highest BCUT2D eigenvalue weighted by molar-refractivity contribution is 6.00. The average molecular weight is 242 g/mol. The van der Waals surface area contributed by atoms with E-state index < -0.39 is 0 Å². The lowest BCUT2D eigenvalue weighted by Crippen LogP contribution is -2.17. The van der Waals surface area contributed by atoms with Crippen LogP contribution in [0.5, 0.6) is 0 Å². The average Bonchev–Trinajstić information content (AvgIpc) is 2.39. The summed E-state index contributed by atoms with van der Waals surface area (Å²) in [6.45, 7) is 7.41. The molecule has 1 aliphatic carbocycles. The van der Waals surface area contributed by atoms with Crippen molar-refractivity contribution in [1.29, 1.82) is 0 Å². The van der Waals surface area contributed by atoms with Crippen molar-refractivity contribution in [3.63, 3.8) is 0 Å². The number of carbonyl (C=O) groups is 1. The first kappa shape index (κ1) is 12.5. The fraction of sp³-hybridized carbons (Fsp3) is 0.188. The highest BCUT2D eigenvalue weighted by atomic mass is 19.1. The molecule has 0 aliphatic heterocycles. The molecule has 2 rings (SSSR count). The SMILES string of the molecule is C=CC1=C(C=C)C(c2ccccc2F)CCC1=O. The zero-order chi connectivity index (χ0) is 13.1. The van der Waals surface area contributed by atoms with E-state index in [2.05, 4.69) is 13.2 Å². The lowest BCUT2D eigenvalue weighted by atomic mass is 9.78. The number of hydrogen-bond donors (Lipinski definition) is 0. The van der Waals surface area contributed by atoms with Gasteiger partial charge in [0, 0.05) is 17.9 Å². The lowest BCUT2D eigenvalue weighted by Gasteiger charge is -2.25. The second-order valence-electron chi connectivity index (χ2n) is 4.31. The fourth-order valence-corrected chi connectivity index (χ4v) is 2.48. The second kappa shape index (κ2) is 5.13. The Morgan fingerprint density at radius 1 is 1.22 bits per heavy atom. The number of benzene rings is 1. The summed E-state index contributed by atoms with van der Waals surface area (Å²) in [5.41, 5.74) is 1.98. The third-order valence-corrected chi connectivity index (χ3v) is 3.35. The van der Waals surface area contributed by atoms with Crippen LogP contribution in [0.15, 0.2) is 60.7 Å². The quantitative estimate of drug-likeness (QED) is 0.784. The van der Waals surface area contributed by atoms with Crippen LogP contribution in [-0.2, 0) is 4.79 Å². The summed E-state index contributed by atoms with van der Waals surface area (Å²) < 4.78 is 13.8. The number of carbonyl (C=O) groups excluding carboxylic acids is 1. The van der Waals surface area contributed by atoms with Crippen molar-refractivity contribution in [2.75, 3.05) is 0 Å². The molecule has 92 valence electrons. The summed E-state index contributed by atoms with van der Waals surface area (Å²) >= 11 is 0. The minimum Gasteiger partial charge on any atom is -0.294 e. The number of hydrogen-bond acceptors (Lipinski definition) is 1. The molecule has 0 spiro atoms. The summed E-state index contributed by atoms with van der Waals surface area (Å²) in [5.74, 6) is -0.276. The van der Waals surface area contributed by atoms with Gasteiger partial charge in [-0.2, -0.15) is 0 Å². The summed E-state index contributed by atoms with van der Waals surface area (Å²) in [6.07, 6.45) is 4.24. The summed E-state index contributed by atoms with van der Waals surface area (Å²) in [5, 5.41) is 0. The Labute approximate surface area is 106 Å². The van der Waals surface area contributed by atoms with Gasteiger partial charge in [0.1, 0.15) is 5.82 Å². The molecule has 1 aromatic rings. The smallest absolute Gasteiger partial charge is 0.163 e. The molecule has 0 heterocycles. The van der Waals surface area contributed by atoms with Gasteiger partial charge >= 0.3 is 0 Å². The fourth-order valence-electron chi connectivity index (χ4n) is 2.48. The summed E-state index contributed by atoms with van der Waals surface area (Å²) in [6, 6.07) is 6.68. The van der Waals surface area contributed by atoms with Gasteiger partial charge in [0.2, 0.25) is 0 Å². The molecule has 0 aromatic heterocycles. The molecular formula is C16H15FO. The first-order valence-electron chi connectivity index (χ1n) is 5.95. The molecular weight excluding hydrogens is 227 g/mol. The van der Waals surface area contributed by atoms with E-state index in [-0.39, 0.29) is 17.5 Å². The van der Waals surface area contributed by atoms with Gasteiger partial charge in [0.15, 0.2) is 5.78 Å². The van der Waals surface area contributed by atoms with Crippen LogP contribution in [0.25, 0.3) is 0 Å². The van der Waals surface area contributed by atoms with E-state index in [1.165, 1.54) is 6.07 Å². The standard InChI is InChI=1S/C16H15FO/c1-3-11-12(4-2)16(18)10-9-13(11)14-7-5-6-8-15(14)17/h3-8,13H,1-2,9-10H2. The third-order valence-electron chi connectivity index (χ3n) is 3.35. The van der Waals surface area contributed by atoms with Gasteiger partial charge < -0.3 is 0 Å². The van der Waals surface area contributed by atoms with Crippen molar-refractivity contribution in [2.24, 2.45) is 0 Å². The van der Waals surface area contributed by atoms with Crippen molar-refractivity contribution in [3.8, 4) is 0 Å². The summed E-state index contributed by atoms with van der Waals surface area (Å²) in [7, 11) is 0.